The highest BCUT2D eigenvalue weighted by molar-refractivity contribution is 7.15. The monoisotopic (exact) mass is 376 g/mol. The fourth-order valence-electron chi connectivity index (χ4n) is 3.42. The number of rotatable bonds is 6. The summed E-state index contributed by atoms with van der Waals surface area (Å²) in [5.41, 5.74) is 1.92. The fourth-order valence-corrected chi connectivity index (χ4v) is 4.74. The van der Waals surface area contributed by atoms with Crippen LogP contribution in [0, 0.1) is 12.8 Å². The van der Waals surface area contributed by atoms with Crippen LogP contribution in [0.1, 0.15) is 55.5 Å². The average Bonchev–Trinajstić information content (AvgIpc) is 3.00. The molecule has 5 heteroatoms. The van der Waals surface area contributed by atoms with Crippen molar-refractivity contribution in [2.75, 3.05) is 0 Å². The Hall–Kier alpha value is -1.39. The summed E-state index contributed by atoms with van der Waals surface area (Å²) < 4.78 is 0. The van der Waals surface area contributed by atoms with Crippen LogP contribution in [0.4, 0.5) is 0 Å². The van der Waals surface area contributed by atoms with Gasteiger partial charge in [0.05, 0.1) is 17.3 Å². The Balaban J connectivity index is 1.53. The Labute approximate surface area is 158 Å². The van der Waals surface area contributed by atoms with Crippen LogP contribution in [0.25, 0.3) is 10.6 Å². The van der Waals surface area contributed by atoms with Gasteiger partial charge >= 0.3 is 0 Å². The van der Waals surface area contributed by atoms with Crippen molar-refractivity contribution < 1.29 is 4.79 Å². The molecule has 0 radical (unpaired) electrons. The van der Waals surface area contributed by atoms with Crippen LogP contribution in [0.5, 0.6) is 0 Å². The van der Waals surface area contributed by atoms with E-state index in [0.29, 0.717) is 18.0 Å². The van der Waals surface area contributed by atoms with E-state index in [-0.39, 0.29) is 5.91 Å². The topological polar surface area (TPSA) is 42.0 Å². The number of hydrogen-bond donors (Lipinski definition) is 1. The number of amides is 1. The van der Waals surface area contributed by atoms with Crippen molar-refractivity contribution in [2.45, 2.75) is 58.4 Å². The van der Waals surface area contributed by atoms with Crippen LogP contribution in [0.2, 0.25) is 5.02 Å². The maximum Gasteiger partial charge on any atom is 0.220 e. The largest absolute Gasteiger partial charge is 0.351 e. The van der Waals surface area contributed by atoms with Crippen molar-refractivity contribution in [1.29, 1.82) is 0 Å². The fraction of sp³-hybridized carbons (Fsp3) is 0.500. The lowest BCUT2D eigenvalue weighted by Crippen LogP contribution is -2.23. The molecule has 1 saturated carbocycles. The second-order valence-electron chi connectivity index (χ2n) is 6.83. The zero-order valence-corrected chi connectivity index (χ0v) is 16.3. The molecule has 1 aromatic heterocycles. The van der Waals surface area contributed by atoms with Crippen molar-refractivity contribution in [3.8, 4) is 10.6 Å². The normalized spacial score (nSPS) is 15.3. The van der Waals surface area contributed by atoms with Crippen molar-refractivity contribution >= 4 is 28.8 Å². The third-order valence-corrected chi connectivity index (χ3v) is 6.47. The van der Waals surface area contributed by atoms with Crippen LogP contribution in [0.3, 0.4) is 0 Å². The second-order valence-corrected chi connectivity index (χ2v) is 8.32. The number of halogens is 1. The summed E-state index contributed by atoms with van der Waals surface area (Å²) in [7, 11) is 0. The minimum absolute atomic E-state index is 0.151. The number of hydrogen-bond acceptors (Lipinski definition) is 3. The first-order valence-corrected chi connectivity index (χ1v) is 10.3. The lowest BCUT2D eigenvalue weighted by molar-refractivity contribution is -0.121. The van der Waals surface area contributed by atoms with Gasteiger partial charge in [0.2, 0.25) is 5.91 Å². The van der Waals surface area contributed by atoms with E-state index < -0.39 is 0 Å². The number of nitrogens with one attached hydrogen (secondary N) is 1. The molecule has 1 amide bonds. The minimum atomic E-state index is 0.151. The number of aryl methyl sites for hydroxylation is 1. The molecule has 2 aromatic rings. The van der Waals surface area contributed by atoms with Crippen LogP contribution in [0.15, 0.2) is 24.3 Å². The molecular weight excluding hydrogens is 352 g/mol. The van der Waals surface area contributed by atoms with Crippen LogP contribution >= 0.6 is 22.9 Å². The third kappa shape index (κ3) is 5.05. The van der Waals surface area contributed by atoms with Gasteiger partial charge in [0.15, 0.2) is 0 Å². The summed E-state index contributed by atoms with van der Waals surface area (Å²) in [6.07, 6.45) is 8.28. The van der Waals surface area contributed by atoms with E-state index in [1.54, 1.807) is 11.3 Å². The van der Waals surface area contributed by atoms with Crippen molar-refractivity contribution in [3.63, 3.8) is 0 Å². The Morgan fingerprint density at radius 2 is 2.04 bits per heavy atom. The second kappa shape index (κ2) is 8.81. The highest BCUT2D eigenvalue weighted by atomic mass is 35.5. The Morgan fingerprint density at radius 3 is 2.80 bits per heavy atom. The van der Waals surface area contributed by atoms with E-state index in [1.807, 2.05) is 31.2 Å². The van der Waals surface area contributed by atoms with E-state index in [0.717, 1.165) is 33.5 Å². The molecule has 0 atom stereocenters. The van der Waals surface area contributed by atoms with E-state index >= 15 is 0 Å². The Morgan fingerprint density at radius 1 is 1.28 bits per heavy atom. The van der Waals surface area contributed by atoms with Gasteiger partial charge in [0.1, 0.15) is 5.01 Å². The van der Waals surface area contributed by atoms with Crippen LogP contribution in [-0.4, -0.2) is 10.9 Å². The summed E-state index contributed by atoms with van der Waals surface area (Å²) >= 11 is 7.86. The van der Waals surface area contributed by atoms with Gasteiger partial charge in [-0.3, -0.25) is 4.79 Å². The first-order valence-electron chi connectivity index (χ1n) is 9.11. The first-order chi connectivity index (χ1) is 12.1. The minimum Gasteiger partial charge on any atom is -0.351 e. The van der Waals surface area contributed by atoms with Crippen LogP contribution < -0.4 is 5.32 Å². The molecule has 1 heterocycles. The molecule has 1 fully saturated rings. The van der Waals surface area contributed by atoms with E-state index in [4.69, 9.17) is 11.6 Å². The van der Waals surface area contributed by atoms with Crippen molar-refractivity contribution in [1.82, 2.24) is 10.3 Å². The number of benzene rings is 1. The maximum atomic E-state index is 12.2. The zero-order chi connectivity index (χ0) is 17.6. The van der Waals surface area contributed by atoms with Crippen molar-refractivity contribution in [2.24, 2.45) is 5.92 Å². The van der Waals surface area contributed by atoms with Gasteiger partial charge in [-0.25, -0.2) is 4.98 Å². The van der Waals surface area contributed by atoms with E-state index in [9.17, 15) is 4.79 Å². The first kappa shape index (κ1) is 18.4. The molecular formula is C20H25ClN2OS. The highest BCUT2D eigenvalue weighted by Crippen LogP contribution is 2.32. The zero-order valence-electron chi connectivity index (χ0n) is 14.7. The summed E-state index contributed by atoms with van der Waals surface area (Å²) in [6.45, 7) is 2.54. The lowest BCUT2D eigenvalue weighted by Gasteiger charge is -2.20. The maximum absolute atomic E-state index is 12.2. The molecule has 0 saturated heterocycles. The Kier molecular flexibility index (Phi) is 6.49. The standard InChI is InChI=1S/C20H25ClN2OS/c1-14-18(25-20(23-14)16-9-5-6-10-17(16)21)13-22-19(24)12-11-15-7-3-2-4-8-15/h5-6,9-10,15H,2-4,7-8,11-13H2,1H3,(H,22,24). The van der Waals surface area contributed by atoms with Gasteiger partial charge in [0, 0.05) is 16.9 Å². The number of carbonyl (C=O) groups excluding carboxylic acids is 1. The molecule has 1 aliphatic carbocycles. The van der Waals surface area contributed by atoms with Gasteiger partial charge in [-0.05, 0) is 25.3 Å². The predicted octanol–water partition coefficient (Wildman–Crippen LogP) is 5.75. The van der Waals surface area contributed by atoms with E-state index in [1.165, 1.54) is 32.1 Å². The van der Waals surface area contributed by atoms with Gasteiger partial charge in [-0.2, -0.15) is 0 Å². The lowest BCUT2D eigenvalue weighted by atomic mass is 9.86. The molecule has 0 aliphatic heterocycles. The summed E-state index contributed by atoms with van der Waals surface area (Å²) in [5.74, 6) is 0.897. The molecule has 1 aromatic carbocycles. The SMILES string of the molecule is Cc1nc(-c2ccccc2Cl)sc1CNC(=O)CCC1CCCCC1. The Bertz CT molecular complexity index is 722. The summed E-state index contributed by atoms with van der Waals surface area (Å²) in [6, 6.07) is 7.73. The van der Waals surface area contributed by atoms with Gasteiger partial charge in [0.25, 0.3) is 0 Å². The number of carbonyl (C=O) groups is 1. The molecule has 0 unspecified atom stereocenters. The number of aromatic nitrogens is 1. The number of nitrogens with zero attached hydrogens (tertiary/aromatic N) is 1. The van der Waals surface area contributed by atoms with Gasteiger partial charge in [-0.15, -0.1) is 11.3 Å². The van der Waals surface area contributed by atoms with Gasteiger partial charge in [-0.1, -0.05) is 61.9 Å². The quantitative estimate of drug-likeness (QED) is 0.697. The average molecular weight is 377 g/mol. The smallest absolute Gasteiger partial charge is 0.220 e. The van der Waals surface area contributed by atoms with Crippen molar-refractivity contribution in [3.05, 3.63) is 39.9 Å². The molecule has 3 rings (SSSR count). The predicted molar refractivity (Wildman–Crippen MR) is 105 cm³/mol. The molecule has 1 aliphatic rings. The molecule has 1 N–H and O–H groups in total. The summed E-state index contributed by atoms with van der Waals surface area (Å²) in [4.78, 5) is 17.9. The van der Waals surface area contributed by atoms with E-state index in [2.05, 4.69) is 10.3 Å². The highest BCUT2D eigenvalue weighted by Gasteiger charge is 2.16. The van der Waals surface area contributed by atoms with Gasteiger partial charge < -0.3 is 5.32 Å². The molecule has 3 nitrogen and oxygen atoms in total. The third-order valence-electron chi connectivity index (χ3n) is 4.95. The molecule has 25 heavy (non-hydrogen) atoms. The van der Waals surface area contributed by atoms with Crippen LogP contribution in [-0.2, 0) is 11.3 Å². The molecule has 0 spiro atoms. The number of thiazole rings is 1. The molecule has 134 valence electrons. The molecule has 0 bridgehead atoms. The summed E-state index contributed by atoms with van der Waals surface area (Å²) in [5, 5.41) is 4.68.